The third-order valence-corrected chi connectivity index (χ3v) is 6.94. The van der Waals surface area contributed by atoms with Crippen molar-refractivity contribution in [1.29, 1.82) is 0 Å². The van der Waals surface area contributed by atoms with Gasteiger partial charge in [-0.05, 0) is 69.6 Å². The van der Waals surface area contributed by atoms with Gasteiger partial charge in [-0.2, -0.15) is 0 Å². The number of nitrogens with one attached hydrogen (secondary N) is 3. The zero-order valence-electron chi connectivity index (χ0n) is 20.1. The molecule has 0 radical (unpaired) electrons. The first-order chi connectivity index (χ1) is 17.4. The SMILES string of the molecule is Cc1[nH]c2c(-c3cc(F)ccc3OCC3CC3)ncnc2c1C(=O)NC1CCC(NC(=O)CO)CC1. The second kappa shape index (κ2) is 10.2. The fourth-order valence-electron chi connectivity index (χ4n) is 4.82. The Labute approximate surface area is 207 Å². The van der Waals surface area contributed by atoms with Gasteiger partial charge in [0.05, 0.1) is 17.7 Å². The molecule has 5 rings (SSSR count). The summed E-state index contributed by atoms with van der Waals surface area (Å²) in [5.74, 6) is 0.0639. The summed E-state index contributed by atoms with van der Waals surface area (Å²) in [5, 5.41) is 14.8. The largest absolute Gasteiger partial charge is 0.493 e. The number of carbonyl (C=O) groups is 2. The molecule has 0 saturated heterocycles. The van der Waals surface area contributed by atoms with Crippen LogP contribution in [0, 0.1) is 18.7 Å². The Morgan fingerprint density at radius 1 is 1.11 bits per heavy atom. The quantitative estimate of drug-likeness (QED) is 0.380. The molecular weight excluding hydrogens is 465 g/mol. The van der Waals surface area contributed by atoms with E-state index in [4.69, 9.17) is 9.84 Å². The molecule has 2 heterocycles. The highest BCUT2D eigenvalue weighted by molar-refractivity contribution is 6.09. The molecule has 2 fully saturated rings. The lowest BCUT2D eigenvalue weighted by Gasteiger charge is -2.29. The summed E-state index contributed by atoms with van der Waals surface area (Å²) in [6.07, 6.45) is 6.54. The van der Waals surface area contributed by atoms with E-state index in [2.05, 4.69) is 25.6 Å². The summed E-state index contributed by atoms with van der Waals surface area (Å²) in [6.45, 7) is 1.86. The van der Waals surface area contributed by atoms with Crippen LogP contribution in [0.25, 0.3) is 22.3 Å². The van der Waals surface area contributed by atoms with E-state index in [9.17, 15) is 14.0 Å². The number of hydrogen-bond acceptors (Lipinski definition) is 6. The number of hydrogen-bond donors (Lipinski definition) is 4. The highest BCUT2D eigenvalue weighted by Gasteiger charge is 2.27. The zero-order valence-corrected chi connectivity index (χ0v) is 20.1. The van der Waals surface area contributed by atoms with Gasteiger partial charge in [-0.1, -0.05) is 0 Å². The number of benzene rings is 1. The fourth-order valence-corrected chi connectivity index (χ4v) is 4.82. The third-order valence-electron chi connectivity index (χ3n) is 6.94. The lowest BCUT2D eigenvalue weighted by atomic mass is 9.91. The van der Waals surface area contributed by atoms with Gasteiger partial charge < -0.3 is 25.5 Å². The van der Waals surface area contributed by atoms with E-state index in [-0.39, 0.29) is 23.9 Å². The van der Waals surface area contributed by atoms with Gasteiger partial charge in [0, 0.05) is 23.3 Å². The van der Waals surface area contributed by atoms with E-state index in [1.165, 1.54) is 18.5 Å². The van der Waals surface area contributed by atoms with Crippen molar-refractivity contribution in [2.75, 3.05) is 13.2 Å². The molecule has 3 aromatic rings. The molecule has 2 aliphatic rings. The Hall–Kier alpha value is -3.53. The summed E-state index contributed by atoms with van der Waals surface area (Å²) < 4.78 is 20.2. The minimum atomic E-state index is -0.524. The molecular formula is C26H30FN5O4. The number of halogens is 1. The molecule has 0 atom stereocenters. The van der Waals surface area contributed by atoms with Gasteiger partial charge in [0.15, 0.2) is 0 Å². The van der Waals surface area contributed by atoms with E-state index in [1.807, 2.05) is 0 Å². The summed E-state index contributed by atoms with van der Waals surface area (Å²) in [7, 11) is 0. The number of aliphatic hydroxyl groups excluding tert-OH is 1. The molecule has 2 aliphatic carbocycles. The van der Waals surface area contributed by atoms with Crippen LogP contribution < -0.4 is 15.4 Å². The van der Waals surface area contributed by atoms with Crippen LogP contribution in [0.5, 0.6) is 5.75 Å². The maximum Gasteiger partial charge on any atom is 0.255 e. The van der Waals surface area contributed by atoms with Crippen LogP contribution in [0.2, 0.25) is 0 Å². The number of aromatic nitrogens is 3. The molecule has 0 aliphatic heterocycles. The molecule has 10 heteroatoms. The highest BCUT2D eigenvalue weighted by atomic mass is 19.1. The standard InChI is InChI=1S/C26H30FN5O4/c1-14-22(26(35)32-18-7-5-17(6-8-18)31-21(34)11-33)24-25(30-14)23(28-13-29-24)19-10-16(27)4-9-20(19)36-12-15-2-3-15/h4,9-10,13,15,17-18,30,33H,2-3,5-8,11-12H2,1H3,(H,31,34)(H,32,35). The maximum atomic E-state index is 14.2. The first-order valence-electron chi connectivity index (χ1n) is 12.4. The third kappa shape index (κ3) is 5.18. The first-order valence-corrected chi connectivity index (χ1v) is 12.4. The van der Waals surface area contributed by atoms with Crippen molar-refractivity contribution in [3.8, 4) is 17.0 Å². The van der Waals surface area contributed by atoms with Crippen LogP contribution in [0.15, 0.2) is 24.5 Å². The van der Waals surface area contributed by atoms with Crippen molar-refractivity contribution in [2.45, 2.75) is 57.5 Å². The van der Waals surface area contributed by atoms with Crippen LogP contribution in [-0.4, -0.2) is 57.2 Å². The first kappa shape index (κ1) is 24.2. The molecule has 2 saturated carbocycles. The van der Waals surface area contributed by atoms with Gasteiger partial charge in [0.1, 0.15) is 35.7 Å². The highest BCUT2D eigenvalue weighted by Crippen LogP contribution is 2.37. The van der Waals surface area contributed by atoms with Crippen LogP contribution in [-0.2, 0) is 4.79 Å². The number of carbonyl (C=O) groups excluding carboxylic acids is 2. The molecule has 1 aromatic carbocycles. The summed E-state index contributed by atoms with van der Waals surface area (Å²) in [5.41, 5.74) is 3.09. The van der Waals surface area contributed by atoms with Gasteiger partial charge >= 0.3 is 0 Å². The van der Waals surface area contributed by atoms with Gasteiger partial charge in [0.25, 0.3) is 5.91 Å². The van der Waals surface area contributed by atoms with Crippen LogP contribution in [0.1, 0.15) is 54.6 Å². The Morgan fingerprint density at radius 3 is 2.53 bits per heavy atom. The van der Waals surface area contributed by atoms with Crippen molar-refractivity contribution in [1.82, 2.24) is 25.6 Å². The average molecular weight is 496 g/mol. The fraction of sp³-hybridized carbons (Fsp3) is 0.462. The van der Waals surface area contributed by atoms with Gasteiger partial charge in [-0.15, -0.1) is 0 Å². The number of aliphatic hydroxyl groups is 1. The predicted octanol–water partition coefficient (Wildman–Crippen LogP) is 3.01. The van der Waals surface area contributed by atoms with Gasteiger partial charge in [0.2, 0.25) is 5.91 Å². The number of H-pyrrole nitrogens is 1. The van der Waals surface area contributed by atoms with Crippen molar-refractivity contribution in [2.24, 2.45) is 5.92 Å². The van der Waals surface area contributed by atoms with Gasteiger partial charge in [-0.3, -0.25) is 9.59 Å². The normalized spacial score (nSPS) is 19.8. The Bertz CT molecular complexity index is 1280. The molecule has 36 heavy (non-hydrogen) atoms. The summed E-state index contributed by atoms with van der Waals surface area (Å²) in [6, 6.07) is 4.35. The number of fused-ring (bicyclic) bond motifs is 1. The van der Waals surface area contributed by atoms with E-state index >= 15 is 0 Å². The van der Waals surface area contributed by atoms with Gasteiger partial charge in [-0.25, -0.2) is 14.4 Å². The zero-order chi connectivity index (χ0) is 25.2. The van der Waals surface area contributed by atoms with Crippen molar-refractivity contribution >= 4 is 22.8 Å². The summed E-state index contributed by atoms with van der Waals surface area (Å²) >= 11 is 0. The second-order valence-corrected chi connectivity index (χ2v) is 9.71. The lowest BCUT2D eigenvalue weighted by Crippen LogP contribution is -2.44. The Kier molecular flexibility index (Phi) is 6.86. The molecule has 0 unspecified atom stereocenters. The maximum absolute atomic E-state index is 14.2. The molecule has 2 amide bonds. The van der Waals surface area contributed by atoms with Crippen LogP contribution >= 0.6 is 0 Å². The number of aryl methyl sites for hydroxylation is 1. The number of ether oxygens (including phenoxy) is 1. The molecule has 0 spiro atoms. The Morgan fingerprint density at radius 2 is 1.83 bits per heavy atom. The van der Waals surface area contributed by atoms with Crippen LogP contribution in [0.4, 0.5) is 4.39 Å². The average Bonchev–Trinajstić information content (AvgIpc) is 3.63. The summed E-state index contributed by atoms with van der Waals surface area (Å²) in [4.78, 5) is 36.7. The van der Waals surface area contributed by atoms with E-state index in [1.54, 1.807) is 13.0 Å². The van der Waals surface area contributed by atoms with E-state index < -0.39 is 12.4 Å². The monoisotopic (exact) mass is 495 g/mol. The predicted molar refractivity (Wildman–Crippen MR) is 131 cm³/mol. The van der Waals surface area contributed by atoms with Crippen LogP contribution in [0.3, 0.4) is 0 Å². The molecule has 190 valence electrons. The molecule has 0 bridgehead atoms. The minimum Gasteiger partial charge on any atom is -0.493 e. The number of aromatic amines is 1. The van der Waals surface area contributed by atoms with Crippen molar-refractivity contribution in [3.63, 3.8) is 0 Å². The van der Waals surface area contributed by atoms with Crippen molar-refractivity contribution < 1.29 is 23.8 Å². The second-order valence-electron chi connectivity index (χ2n) is 9.71. The smallest absolute Gasteiger partial charge is 0.255 e. The van der Waals surface area contributed by atoms with Crippen molar-refractivity contribution in [3.05, 3.63) is 41.6 Å². The van der Waals surface area contributed by atoms with E-state index in [0.717, 1.165) is 38.5 Å². The molecule has 4 N–H and O–H groups in total. The Balaban J connectivity index is 1.37. The molecule has 9 nitrogen and oxygen atoms in total. The number of nitrogens with zero attached hydrogens (tertiary/aromatic N) is 2. The number of amides is 2. The minimum absolute atomic E-state index is 0.00511. The van der Waals surface area contributed by atoms with E-state index in [0.29, 0.717) is 51.8 Å². The number of rotatable bonds is 8. The lowest BCUT2D eigenvalue weighted by molar-refractivity contribution is -0.124. The molecule has 2 aromatic heterocycles. The topological polar surface area (TPSA) is 129 Å².